The van der Waals surface area contributed by atoms with Gasteiger partial charge < -0.3 is 4.42 Å². The molecule has 3 aromatic heterocycles. The molecule has 0 amide bonds. The third-order valence-corrected chi connectivity index (χ3v) is 13.8. The van der Waals surface area contributed by atoms with E-state index in [1.54, 1.807) is 0 Å². The van der Waals surface area contributed by atoms with Crippen LogP contribution in [0, 0.1) is 0 Å². The topological polar surface area (TPSA) is 51.8 Å². The lowest BCUT2D eigenvalue weighted by Crippen LogP contribution is -2.55. The Morgan fingerprint density at radius 3 is 1.54 bits per heavy atom. The van der Waals surface area contributed by atoms with E-state index in [4.69, 9.17) is 19.4 Å². The second kappa shape index (κ2) is 12.8. The Morgan fingerprint density at radius 1 is 0.426 bits per heavy atom. The summed E-state index contributed by atoms with van der Waals surface area (Å²) in [6.07, 6.45) is 0. The van der Waals surface area contributed by atoms with E-state index in [-0.39, 0.29) is 0 Å². The predicted molar refractivity (Wildman–Crippen MR) is 264 cm³/mol. The van der Waals surface area contributed by atoms with Crippen molar-refractivity contribution in [2.45, 2.75) is 0 Å². The van der Waals surface area contributed by atoms with Crippen LogP contribution in [0.15, 0.2) is 83.3 Å². The average Bonchev–Trinajstić information content (AvgIpc) is 3.76. The van der Waals surface area contributed by atoms with Gasteiger partial charge in [0.25, 0.3) is 0 Å². The first-order valence-corrected chi connectivity index (χ1v) is 19.5. The van der Waals surface area contributed by atoms with Crippen molar-refractivity contribution in [3.63, 3.8) is 0 Å². The highest BCUT2D eigenvalue weighted by Crippen LogP contribution is 2.42. The van der Waals surface area contributed by atoms with E-state index in [0.717, 1.165) is 44.2 Å². The second-order valence-electron chi connectivity index (χ2n) is 15.1. The highest BCUT2D eigenvalue weighted by Gasteiger charge is 2.23. The van der Waals surface area contributed by atoms with Gasteiger partial charge in [-0.3, -0.25) is 0 Å². The van der Waals surface area contributed by atoms with Crippen LogP contribution in [-0.2, 0) is 0 Å². The minimum Gasteiger partial charge on any atom is -0.455 e. The van der Waals surface area contributed by atoms with Crippen molar-refractivity contribution in [3.8, 4) is 45.3 Å². The molecule has 0 aliphatic rings. The van der Waals surface area contributed by atoms with Crippen LogP contribution in [0.1, 0.15) is 0 Å². The van der Waals surface area contributed by atoms with Gasteiger partial charge in [-0.05, 0) is 35.4 Å². The third-order valence-electron chi connectivity index (χ3n) is 12.5. The van der Waals surface area contributed by atoms with Gasteiger partial charge in [-0.1, -0.05) is 76.4 Å². The molecule has 0 saturated carbocycles. The lowest BCUT2D eigenvalue weighted by Gasteiger charge is -2.22. The molecule has 0 bridgehead atoms. The van der Waals surface area contributed by atoms with Gasteiger partial charge in [0, 0.05) is 42.1 Å². The lowest BCUT2D eigenvalue weighted by molar-refractivity contribution is 0.669. The molecule has 4 nitrogen and oxygen atoms in total. The summed E-state index contributed by atoms with van der Waals surface area (Å²) in [4.78, 5) is 16.0. The van der Waals surface area contributed by atoms with E-state index in [9.17, 15) is 0 Å². The van der Waals surface area contributed by atoms with Crippen molar-refractivity contribution >= 4 is 187 Å². The van der Waals surface area contributed by atoms with E-state index >= 15 is 0 Å². The Kier molecular flexibility index (Phi) is 8.24. The molecule has 0 fully saturated rings. The molecular formula is C39H33B10N3OS. The van der Waals surface area contributed by atoms with Crippen molar-refractivity contribution in [3.05, 3.63) is 78.9 Å². The normalized spacial score (nSPS) is 11.7. The molecule has 0 spiro atoms. The minimum absolute atomic E-state index is 0.610. The fraction of sp³-hybridized carbons (Fsp3) is 0. The van der Waals surface area contributed by atoms with Crippen molar-refractivity contribution in [2.75, 3.05) is 0 Å². The Balaban J connectivity index is 1.29. The summed E-state index contributed by atoms with van der Waals surface area (Å²) in [6.45, 7) is 0. The first kappa shape index (κ1) is 34.7. The SMILES string of the molecule is Bc1c(B)c(B)c(-c2nc(-c3c(B)c(B)c(B)c(B)c3B)nc(-c3cccc4c3oc3cc(-c5cccc6c5sc5ccccc56)ccc34)n2)c(B)c1B. The summed E-state index contributed by atoms with van der Waals surface area (Å²) in [6, 6.07) is 28.2. The minimum atomic E-state index is 0.610. The summed E-state index contributed by atoms with van der Waals surface area (Å²) in [5.74, 6) is 2.00. The monoisotopic (exact) mass is 701 g/mol. The molecule has 15 heteroatoms. The third kappa shape index (κ3) is 5.15. The fourth-order valence-corrected chi connectivity index (χ4v) is 9.75. The van der Waals surface area contributed by atoms with Crippen LogP contribution in [0.2, 0.25) is 0 Å². The van der Waals surface area contributed by atoms with E-state index in [1.165, 1.54) is 80.4 Å². The predicted octanol–water partition coefficient (Wildman–Crippen LogP) is -6.61. The average molecular weight is 700 g/mol. The maximum atomic E-state index is 6.87. The molecular weight excluding hydrogens is 667 g/mol. The van der Waals surface area contributed by atoms with Gasteiger partial charge in [-0.15, -0.1) is 44.1 Å². The molecule has 0 saturated heterocycles. The number of nitrogens with zero attached hydrogens (tertiary/aromatic N) is 3. The molecule has 9 aromatic rings. The molecule has 246 valence electrons. The molecule has 0 aliphatic heterocycles. The maximum Gasteiger partial charge on any atom is 0.167 e. The number of furan rings is 1. The Bertz CT molecular complexity index is 2940. The van der Waals surface area contributed by atoms with Crippen LogP contribution in [0.3, 0.4) is 0 Å². The van der Waals surface area contributed by atoms with Crippen LogP contribution in [0.5, 0.6) is 0 Å². The zero-order chi connectivity index (χ0) is 37.7. The van der Waals surface area contributed by atoms with Crippen molar-refractivity contribution < 1.29 is 4.42 Å². The van der Waals surface area contributed by atoms with E-state index in [1.807, 2.05) is 11.3 Å². The Hall–Kier alpha value is -5.00. The maximum absolute atomic E-state index is 6.87. The summed E-state index contributed by atoms with van der Waals surface area (Å²) in [5.41, 5.74) is 19.5. The molecule has 54 heavy (non-hydrogen) atoms. The molecule has 0 radical (unpaired) electrons. The highest BCUT2D eigenvalue weighted by atomic mass is 32.1. The van der Waals surface area contributed by atoms with Gasteiger partial charge in [0.15, 0.2) is 17.5 Å². The Morgan fingerprint density at radius 2 is 0.926 bits per heavy atom. The zero-order valence-corrected chi connectivity index (χ0v) is 33.5. The number of hydrogen-bond acceptors (Lipinski definition) is 5. The smallest absolute Gasteiger partial charge is 0.167 e. The van der Waals surface area contributed by atoms with Gasteiger partial charge in [0.05, 0.1) is 5.56 Å². The number of fused-ring (bicyclic) bond motifs is 6. The van der Waals surface area contributed by atoms with E-state index in [0.29, 0.717) is 17.5 Å². The molecule has 0 aliphatic carbocycles. The Labute approximate surface area is 328 Å². The van der Waals surface area contributed by atoms with Crippen molar-refractivity contribution in [2.24, 2.45) is 0 Å². The van der Waals surface area contributed by atoms with E-state index < -0.39 is 0 Å². The van der Waals surface area contributed by atoms with Gasteiger partial charge in [0.2, 0.25) is 0 Å². The molecule has 0 atom stereocenters. The van der Waals surface area contributed by atoms with Crippen molar-refractivity contribution in [1.29, 1.82) is 0 Å². The summed E-state index contributed by atoms with van der Waals surface area (Å²) in [7, 11) is 22.0. The number of rotatable bonds is 4. The van der Waals surface area contributed by atoms with E-state index in [2.05, 4.69) is 157 Å². The summed E-state index contributed by atoms with van der Waals surface area (Å²) in [5, 5.41) is 4.70. The van der Waals surface area contributed by atoms with Crippen LogP contribution in [0.25, 0.3) is 87.4 Å². The first-order valence-electron chi connectivity index (χ1n) is 18.7. The van der Waals surface area contributed by atoms with Gasteiger partial charge in [-0.2, -0.15) is 0 Å². The lowest BCUT2D eigenvalue weighted by atomic mass is 9.60. The molecule has 9 rings (SSSR count). The van der Waals surface area contributed by atoms with Crippen LogP contribution in [-0.4, -0.2) is 93.4 Å². The van der Waals surface area contributed by atoms with Crippen LogP contribution in [0.4, 0.5) is 0 Å². The van der Waals surface area contributed by atoms with Crippen LogP contribution < -0.4 is 54.6 Å². The molecule has 6 aromatic carbocycles. The van der Waals surface area contributed by atoms with Gasteiger partial charge >= 0.3 is 0 Å². The standard InChI is InChI=1S/C39H33B10N3OS/c40-25-23(26(41)30(45)33(48)29(25)44)38-50-37(51-39(52-38)24-27(42)31(46)34(49)32(47)28(24)43)20-9-4-7-18-16-12-11-14(13-21(16)53-35(18)20)15-6-3-8-19-17-5-1-2-10-22(17)54-36(15)19/h1-13H,40-49H2. The first-order chi connectivity index (χ1) is 25.9. The molecule has 0 unspecified atom stereocenters. The molecule has 3 heterocycles. The number of benzene rings is 6. The number of hydrogen-bond donors (Lipinski definition) is 0. The van der Waals surface area contributed by atoms with Crippen LogP contribution >= 0.6 is 11.3 Å². The summed E-state index contributed by atoms with van der Waals surface area (Å²) < 4.78 is 9.46. The number of aromatic nitrogens is 3. The number of para-hydroxylation sites is 1. The second-order valence-corrected chi connectivity index (χ2v) is 16.1. The highest BCUT2D eigenvalue weighted by molar-refractivity contribution is 7.26. The molecule has 0 N–H and O–H groups in total. The van der Waals surface area contributed by atoms with Gasteiger partial charge in [0.1, 0.15) is 89.6 Å². The quantitative estimate of drug-likeness (QED) is 0.172. The largest absolute Gasteiger partial charge is 0.455 e. The zero-order valence-electron chi connectivity index (χ0n) is 32.7. The number of thiophene rings is 1. The van der Waals surface area contributed by atoms with Gasteiger partial charge in [-0.25, -0.2) is 15.0 Å². The fourth-order valence-electron chi connectivity index (χ4n) is 8.51. The van der Waals surface area contributed by atoms with Crippen molar-refractivity contribution in [1.82, 2.24) is 15.0 Å². The summed E-state index contributed by atoms with van der Waals surface area (Å²) >= 11 is 1.85.